The monoisotopic (exact) mass is 315 g/mol. The molecule has 0 aromatic heterocycles. The highest BCUT2D eigenvalue weighted by Crippen LogP contribution is 2.29. The Hall–Kier alpha value is -1.60. The van der Waals surface area contributed by atoms with E-state index in [1.165, 1.54) is 12.1 Å². The van der Waals surface area contributed by atoms with Crippen molar-refractivity contribution in [1.82, 2.24) is 9.80 Å². The molecule has 7 heteroatoms. The van der Waals surface area contributed by atoms with E-state index in [-0.39, 0.29) is 5.91 Å². The lowest BCUT2D eigenvalue weighted by Gasteiger charge is -2.35. The number of rotatable bonds is 3. The summed E-state index contributed by atoms with van der Waals surface area (Å²) < 4.78 is 38.1. The molecule has 1 fully saturated rings. The number of amides is 1. The van der Waals surface area contributed by atoms with Gasteiger partial charge in [0.2, 0.25) is 5.91 Å². The van der Waals surface area contributed by atoms with Crippen molar-refractivity contribution >= 4 is 5.91 Å². The first-order chi connectivity index (χ1) is 10.3. The second-order valence-electron chi connectivity index (χ2n) is 5.59. The molecule has 1 aromatic rings. The second-order valence-corrected chi connectivity index (χ2v) is 5.59. The zero-order chi connectivity index (χ0) is 16.3. The number of nitrogens with two attached hydrogens (primary N) is 1. The van der Waals surface area contributed by atoms with Crippen LogP contribution >= 0.6 is 0 Å². The van der Waals surface area contributed by atoms with Crippen LogP contribution in [0.5, 0.6) is 0 Å². The zero-order valence-corrected chi connectivity index (χ0v) is 12.4. The Morgan fingerprint density at radius 2 is 1.91 bits per heavy atom. The molecule has 1 unspecified atom stereocenters. The molecule has 0 spiro atoms. The van der Waals surface area contributed by atoms with E-state index in [1.807, 2.05) is 4.90 Å². The van der Waals surface area contributed by atoms with Crippen molar-refractivity contribution in [3.05, 3.63) is 35.4 Å². The van der Waals surface area contributed by atoms with Gasteiger partial charge in [-0.15, -0.1) is 0 Å². The Kier molecular flexibility index (Phi) is 5.08. The maximum Gasteiger partial charge on any atom is 0.416 e. The van der Waals surface area contributed by atoms with E-state index >= 15 is 0 Å². The summed E-state index contributed by atoms with van der Waals surface area (Å²) in [7, 11) is 0. The average Bonchev–Trinajstić information content (AvgIpc) is 2.46. The predicted octanol–water partition coefficient (Wildman–Crippen LogP) is 1.70. The van der Waals surface area contributed by atoms with Crippen molar-refractivity contribution in [2.75, 3.05) is 26.2 Å². The van der Waals surface area contributed by atoms with Gasteiger partial charge in [0.15, 0.2) is 0 Å². The number of alkyl halides is 3. The summed E-state index contributed by atoms with van der Waals surface area (Å²) in [4.78, 5) is 15.5. The fourth-order valence-corrected chi connectivity index (χ4v) is 2.52. The first-order valence-corrected chi connectivity index (χ1v) is 7.20. The van der Waals surface area contributed by atoms with Gasteiger partial charge in [0.05, 0.1) is 11.6 Å². The van der Waals surface area contributed by atoms with Crippen LogP contribution in [0.25, 0.3) is 0 Å². The van der Waals surface area contributed by atoms with Crippen LogP contribution in [-0.4, -0.2) is 47.9 Å². The van der Waals surface area contributed by atoms with Gasteiger partial charge in [0, 0.05) is 32.7 Å². The van der Waals surface area contributed by atoms with Crippen LogP contribution in [0.1, 0.15) is 18.1 Å². The molecular weight excluding hydrogens is 295 g/mol. The van der Waals surface area contributed by atoms with Crippen LogP contribution in [0.2, 0.25) is 0 Å². The largest absolute Gasteiger partial charge is 0.416 e. The van der Waals surface area contributed by atoms with E-state index in [4.69, 9.17) is 5.73 Å². The highest BCUT2D eigenvalue weighted by Gasteiger charge is 2.30. The van der Waals surface area contributed by atoms with Gasteiger partial charge >= 0.3 is 6.18 Å². The number of hydrogen-bond donors (Lipinski definition) is 1. The van der Waals surface area contributed by atoms with Crippen LogP contribution in [0.3, 0.4) is 0 Å². The molecule has 22 heavy (non-hydrogen) atoms. The highest BCUT2D eigenvalue weighted by molar-refractivity contribution is 5.81. The number of hydrogen-bond acceptors (Lipinski definition) is 3. The van der Waals surface area contributed by atoms with Gasteiger partial charge in [0.1, 0.15) is 0 Å². The topological polar surface area (TPSA) is 49.6 Å². The zero-order valence-electron chi connectivity index (χ0n) is 12.4. The minimum absolute atomic E-state index is 0.0845. The van der Waals surface area contributed by atoms with Crippen LogP contribution in [-0.2, 0) is 17.5 Å². The second kappa shape index (κ2) is 6.66. The van der Waals surface area contributed by atoms with Crippen molar-refractivity contribution in [2.45, 2.75) is 25.7 Å². The third-order valence-corrected chi connectivity index (χ3v) is 3.73. The Morgan fingerprint density at radius 1 is 1.27 bits per heavy atom. The third kappa shape index (κ3) is 4.20. The van der Waals surface area contributed by atoms with Crippen LogP contribution in [0.4, 0.5) is 13.2 Å². The molecule has 1 atom stereocenters. The van der Waals surface area contributed by atoms with Crippen LogP contribution < -0.4 is 5.73 Å². The van der Waals surface area contributed by atoms with Gasteiger partial charge in [-0.3, -0.25) is 9.69 Å². The van der Waals surface area contributed by atoms with E-state index < -0.39 is 17.8 Å². The molecule has 2 N–H and O–H groups in total. The number of halogens is 3. The van der Waals surface area contributed by atoms with Gasteiger partial charge in [-0.25, -0.2) is 0 Å². The van der Waals surface area contributed by atoms with Gasteiger partial charge in [0.25, 0.3) is 0 Å². The SMILES string of the molecule is CC(N)C(=O)N1CCN(Cc2cccc(C(F)(F)F)c2)CC1. The smallest absolute Gasteiger partial charge is 0.339 e. The van der Waals surface area contributed by atoms with E-state index in [0.29, 0.717) is 38.3 Å². The Morgan fingerprint density at radius 3 is 2.45 bits per heavy atom. The Labute approximate surface area is 127 Å². The van der Waals surface area contributed by atoms with Gasteiger partial charge in [-0.2, -0.15) is 13.2 Å². The Bertz CT molecular complexity index is 523. The maximum absolute atomic E-state index is 12.7. The molecule has 122 valence electrons. The van der Waals surface area contributed by atoms with Crippen molar-refractivity contribution in [1.29, 1.82) is 0 Å². The molecule has 4 nitrogen and oxygen atoms in total. The number of nitrogens with zero attached hydrogens (tertiary/aromatic N) is 2. The summed E-state index contributed by atoms with van der Waals surface area (Å²) in [5.41, 5.74) is 5.57. The summed E-state index contributed by atoms with van der Waals surface area (Å²) in [5, 5.41) is 0. The first kappa shape index (κ1) is 16.8. The lowest BCUT2D eigenvalue weighted by atomic mass is 10.1. The van der Waals surface area contributed by atoms with Crippen molar-refractivity contribution in [3.8, 4) is 0 Å². The summed E-state index contributed by atoms with van der Waals surface area (Å²) >= 11 is 0. The third-order valence-electron chi connectivity index (χ3n) is 3.73. The highest BCUT2D eigenvalue weighted by atomic mass is 19.4. The first-order valence-electron chi connectivity index (χ1n) is 7.20. The molecule has 0 saturated carbocycles. The van der Waals surface area contributed by atoms with E-state index in [0.717, 1.165) is 6.07 Å². The van der Waals surface area contributed by atoms with Crippen LogP contribution in [0, 0.1) is 0 Å². The van der Waals surface area contributed by atoms with Crippen molar-refractivity contribution in [2.24, 2.45) is 5.73 Å². The van der Waals surface area contributed by atoms with Gasteiger partial charge < -0.3 is 10.6 Å². The quantitative estimate of drug-likeness (QED) is 0.923. The van der Waals surface area contributed by atoms with Crippen LogP contribution in [0.15, 0.2) is 24.3 Å². The lowest BCUT2D eigenvalue weighted by Crippen LogP contribution is -2.52. The fraction of sp³-hybridized carbons (Fsp3) is 0.533. The fourth-order valence-electron chi connectivity index (χ4n) is 2.52. The molecule has 2 rings (SSSR count). The average molecular weight is 315 g/mol. The molecule has 0 aliphatic carbocycles. The maximum atomic E-state index is 12.7. The molecule has 1 saturated heterocycles. The molecular formula is C15H20F3N3O. The lowest BCUT2D eigenvalue weighted by molar-refractivity contribution is -0.137. The van der Waals surface area contributed by atoms with E-state index in [2.05, 4.69) is 0 Å². The molecule has 1 aliphatic heterocycles. The molecule has 1 aliphatic rings. The molecule has 1 amide bonds. The van der Waals surface area contributed by atoms with E-state index in [1.54, 1.807) is 17.9 Å². The van der Waals surface area contributed by atoms with Crippen molar-refractivity contribution < 1.29 is 18.0 Å². The van der Waals surface area contributed by atoms with Crippen molar-refractivity contribution in [3.63, 3.8) is 0 Å². The molecule has 1 aromatic carbocycles. The number of benzene rings is 1. The molecule has 0 bridgehead atoms. The molecule has 0 radical (unpaired) electrons. The Balaban J connectivity index is 1.93. The standard InChI is InChI=1S/C15H20F3N3O/c1-11(19)14(22)21-7-5-20(6-8-21)10-12-3-2-4-13(9-12)15(16,17)18/h2-4,9,11H,5-8,10,19H2,1H3. The normalized spacial score (nSPS) is 18.3. The minimum atomic E-state index is -4.32. The number of carbonyl (C=O) groups is 1. The molecule has 1 heterocycles. The summed E-state index contributed by atoms with van der Waals surface area (Å²) in [6.45, 7) is 4.48. The number of carbonyl (C=O) groups excluding carboxylic acids is 1. The van der Waals surface area contributed by atoms with Gasteiger partial charge in [-0.05, 0) is 18.6 Å². The minimum Gasteiger partial charge on any atom is -0.339 e. The predicted molar refractivity (Wildman–Crippen MR) is 77.0 cm³/mol. The van der Waals surface area contributed by atoms with E-state index in [9.17, 15) is 18.0 Å². The van der Waals surface area contributed by atoms with Gasteiger partial charge in [-0.1, -0.05) is 18.2 Å². The summed E-state index contributed by atoms with van der Waals surface area (Å²) in [5.74, 6) is -0.0845. The summed E-state index contributed by atoms with van der Waals surface area (Å²) in [6.07, 6.45) is -4.32. The summed E-state index contributed by atoms with van der Waals surface area (Å²) in [6, 6.07) is 4.85. The number of piperazine rings is 1.